The van der Waals surface area contributed by atoms with Gasteiger partial charge in [-0.05, 0) is 42.5 Å². The number of anilines is 1. The molecule has 0 spiro atoms. The summed E-state index contributed by atoms with van der Waals surface area (Å²) in [7, 11) is 3.06. The van der Waals surface area contributed by atoms with E-state index < -0.39 is 12.1 Å². The minimum atomic E-state index is -4.84. The molecule has 0 aliphatic heterocycles. The van der Waals surface area contributed by atoms with Crippen LogP contribution in [0, 0.1) is 0 Å². The van der Waals surface area contributed by atoms with Crippen LogP contribution in [-0.4, -0.2) is 28.3 Å². The molecular formula is C18H15F3N4O3S. The van der Waals surface area contributed by atoms with Crippen LogP contribution >= 0.6 is 12.2 Å². The summed E-state index contributed by atoms with van der Waals surface area (Å²) in [4.78, 5) is 0. The molecule has 2 aromatic carbocycles. The monoisotopic (exact) mass is 424 g/mol. The molecule has 3 aromatic rings. The van der Waals surface area contributed by atoms with Gasteiger partial charge < -0.3 is 24.5 Å². The molecule has 0 amide bonds. The van der Waals surface area contributed by atoms with Crippen molar-refractivity contribution >= 4 is 39.6 Å². The average Bonchev–Trinajstić information content (AvgIpc) is 2.89. The second-order valence-corrected chi connectivity index (χ2v) is 6.21. The maximum Gasteiger partial charge on any atom is 0.573 e. The van der Waals surface area contributed by atoms with Crippen LogP contribution in [-0.2, 0) is 7.05 Å². The molecule has 7 nitrogen and oxygen atoms in total. The molecule has 1 heterocycles. The van der Waals surface area contributed by atoms with Crippen molar-refractivity contribution in [3.05, 3.63) is 42.5 Å². The highest BCUT2D eigenvalue weighted by Gasteiger charge is 2.31. The predicted octanol–water partition coefficient (Wildman–Crippen LogP) is 5.27. The second-order valence-electron chi connectivity index (χ2n) is 5.82. The van der Waals surface area contributed by atoms with E-state index in [4.69, 9.17) is 17.0 Å². The molecule has 0 atom stereocenters. The SMILES string of the molecule is COc1cccc(NC(=S)N=Nc2c(O)n(C)c3ccc(OC(F)(F)F)cc23)c1. The zero-order valence-corrected chi connectivity index (χ0v) is 16.0. The van der Waals surface area contributed by atoms with Gasteiger partial charge in [0.25, 0.3) is 0 Å². The van der Waals surface area contributed by atoms with E-state index in [-0.39, 0.29) is 22.1 Å². The number of halogens is 3. The van der Waals surface area contributed by atoms with E-state index in [0.29, 0.717) is 17.0 Å². The number of aryl methyl sites for hydroxylation is 1. The standard InChI is InChI=1S/C18H15F3N4O3S/c1-25-14-7-6-12(28-18(19,20)21)9-13(14)15(16(25)26)23-24-17(29)22-10-4-3-5-11(8-10)27-2/h3-9,26H,1-2H3,(H,22,29). The molecule has 3 rings (SSSR count). The highest BCUT2D eigenvalue weighted by atomic mass is 32.1. The number of hydrogen-bond donors (Lipinski definition) is 2. The molecule has 0 saturated heterocycles. The Morgan fingerprint density at radius 3 is 2.62 bits per heavy atom. The molecule has 0 bridgehead atoms. The van der Waals surface area contributed by atoms with E-state index in [0.717, 1.165) is 12.1 Å². The van der Waals surface area contributed by atoms with Gasteiger partial charge in [0.05, 0.1) is 12.6 Å². The molecule has 11 heteroatoms. The van der Waals surface area contributed by atoms with E-state index in [2.05, 4.69) is 20.3 Å². The number of methoxy groups -OCH3 is 1. The van der Waals surface area contributed by atoms with Gasteiger partial charge in [-0.2, -0.15) is 0 Å². The molecule has 0 saturated carbocycles. The molecular weight excluding hydrogens is 409 g/mol. The van der Waals surface area contributed by atoms with Crippen LogP contribution in [0.15, 0.2) is 52.7 Å². The molecule has 0 radical (unpaired) electrons. The number of azo groups is 1. The van der Waals surface area contributed by atoms with Crippen LogP contribution in [0.25, 0.3) is 10.9 Å². The van der Waals surface area contributed by atoms with Gasteiger partial charge in [-0.15, -0.1) is 23.4 Å². The van der Waals surface area contributed by atoms with Crippen molar-refractivity contribution in [3.63, 3.8) is 0 Å². The fraction of sp³-hybridized carbons (Fsp3) is 0.167. The number of nitrogens with one attached hydrogen (secondary N) is 1. The van der Waals surface area contributed by atoms with Crippen molar-refractivity contribution in [2.45, 2.75) is 6.36 Å². The van der Waals surface area contributed by atoms with Gasteiger partial charge in [-0.1, -0.05) is 6.07 Å². The fourth-order valence-electron chi connectivity index (χ4n) is 2.63. The van der Waals surface area contributed by atoms with Gasteiger partial charge in [0.15, 0.2) is 5.69 Å². The average molecular weight is 424 g/mol. The number of alkyl halides is 3. The van der Waals surface area contributed by atoms with Crippen LogP contribution in [0.3, 0.4) is 0 Å². The number of thiocarbonyl (C=S) groups is 1. The third-order valence-corrected chi connectivity index (χ3v) is 4.09. The fourth-order valence-corrected chi connectivity index (χ4v) is 2.79. The predicted molar refractivity (Wildman–Crippen MR) is 105 cm³/mol. The van der Waals surface area contributed by atoms with Gasteiger partial charge >= 0.3 is 6.36 Å². The molecule has 152 valence electrons. The Morgan fingerprint density at radius 1 is 1.17 bits per heavy atom. The lowest BCUT2D eigenvalue weighted by Crippen LogP contribution is -2.16. The third kappa shape index (κ3) is 4.74. The number of benzene rings is 2. The highest BCUT2D eigenvalue weighted by molar-refractivity contribution is 7.80. The molecule has 0 aliphatic carbocycles. The van der Waals surface area contributed by atoms with Crippen molar-refractivity contribution in [1.29, 1.82) is 0 Å². The number of aromatic nitrogens is 1. The van der Waals surface area contributed by atoms with Crippen LogP contribution in [0.4, 0.5) is 24.5 Å². The molecule has 0 unspecified atom stereocenters. The minimum Gasteiger partial charge on any atom is -0.497 e. The number of nitrogens with zero attached hydrogens (tertiary/aromatic N) is 3. The number of hydrogen-bond acceptors (Lipinski definition) is 5. The second kappa shape index (κ2) is 7.95. The first kappa shape index (κ1) is 20.4. The summed E-state index contributed by atoms with van der Waals surface area (Å²) in [5, 5.41) is 21.1. The quantitative estimate of drug-likeness (QED) is 0.440. The van der Waals surface area contributed by atoms with Crippen molar-refractivity contribution in [3.8, 4) is 17.4 Å². The summed E-state index contributed by atoms with van der Waals surface area (Å²) in [6.07, 6.45) is -4.84. The lowest BCUT2D eigenvalue weighted by molar-refractivity contribution is -0.274. The first-order valence-electron chi connectivity index (χ1n) is 8.12. The Bertz CT molecular complexity index is 1100. The number of ether oxygens (including phenoxy) is 2. The summed E-state index contributed by atoms with van der Waals surface area (Å²) in [5.74, 6) is -0.111. The number of aromatic hydroxyl groups is 1. The summed E-state index contributed by atoms with van der Waals surface area (Å²) < 4.78 is 47.9. The maximum absolute atomic E-state index is 12.5. The first-order chi connectivity index (χ1) is 13.7. The smallest absolute Gasteiger partial charge is 0.497 e. The van der Waals surface area contributed by atoms with Gasteiger partial charge in [-0.25, -0.2) is 0 Å². The number of fused-ring (bicyclic) bond motifs is 1. The highest BCUT2D eigenvalue weighted by Crippen LogP contribution is 2.40. The van der Waals surface area contributed by atoms with E-state index >= 15 is 0 Å². The summed E-state index contributed by atoms with van der Waals surface area (Å²) in [6, 6.07) is 10.6. The topological polar surface area (TPSA) is 80.4 Å². The summed E-state index contributed by atoms with van der Waals surface area (Å²) in [6.45, 7) is 0. The minimum absolute atomic E-state index is 0.0163. The zero-order chi connectivity index (χ0) is 21.2. The van der Waals surface area contributed by atoms with Crippen LogP contribution in [0.2, 0.25) is 0 Å². The number of rotatable bonds is 4. The van der Waals surface area contributed by atoms with Crippen molar-refractivity contribution in [1.82, 2.24) is 4.57 Å². The van der Waals surface area contributed by atoms with Crippen molar-refractivity contribution in [2.75, 3.05) is 12.4 Å². The Labute approximate surface area is 168 Å². The summed E-state index contributed by atoms with van der Waals surface area (Å²) in [5.41, 5.74) is 1.01. The maximum atomic E-state index is 12.5. The third-order valence-electron chi connectivity index (χ3n) is 3.91. The normalized spacial score (nSPS) is 11.8. The Morgan fingerprint density at radius 2 is 1.93 bits per heavy atom. The van der Waals surface area contributed by atoms with E-state index in [1.54, 1.807) is 24.3 Å². The van der Waals surface area contributed by atoms with E-state index in [9.17, 15) is 18.3 Å². The largest absolute Gasteiger partial charge is 0.573 e. The van der Waals surface area contributed by atoms with Gasteiger partial charge in [0.1, 0.15) is 11.5 Å². The first-order valence-corrected chi connectivity index (χ1v) is 8.52. The molecule has 1 aromatic heterocycles. The van der Waals surface area contributed by atoms with Crippen molar-refractivity contribution < 1.29 is 27.8 Å². The molecule has 0 aliphatic rings. The molecule has 29 heavy (non-hydrogen) atoms. The van der Waals surface area contributed by atoms with Crippen LogP contribution in [0.5, 0.6) is 17.4 Å². The van der Waals surface area contributed by atoms with Gasteiger partial charge in [0.2, 0.25) is 11.0 Å². The van der Waals surface area contributed by atoms with E-state index in [1.165, 1.54) is 24.8 Å². The Kier molecular flexibility index (Phi) is 5.59. The van der Waals surface area contributed by atoms with Crippen LogP contribution in [0.1, 0.15) is 0 Å². The zero-order valence-electron chi connectivity index (χ0n) is 15.2. The van der Waals surface area contributed by atoms with E-state index in [1.807, 2.05) is 0 Å². The molecule has 2 N–H and O–H groups in total. The lowest BCUT2D eigenvalue weighted by atomic mass is 10.2. The Balaban J connectivity index is 1.88. The van der Waals surface area contributed by atoms with Gasteiger partial charge in [-0.3, -0.25) is 0 Å². The lowest BCUT2D eigenvalue weighted by Gasteiger charge is -2.08. The molecule has 0 fully saturated rings. The Hall–Kier alpha value is -3.34. The summed E-state index contributed by atoms with van der Waals surface area (Å²) >= 11 is 5.11. The van der Waals surface area contributed by atoms with Crippen molar-refractivity contribution in [2.24, 2.45) is 17.3 Å². The van der Waals surface area contributed by atoms with Crippen LogP contribution < -0.4 is 14.8 Å². The van der Waals surface area contributed by atoms with Gasteiger partial charge in [0, 0.05) is 24.2 Å².